The Morgan fingerprint density at radius 2 is 1.87 bits per heavy atom. The third-order valence-corrected chi connectivity index (χ3v) is 5.46. The summed E-state index contributed by atoms with van der Waals surface area (Å²) in [5.74, 6) is 2.56. The number of morpholine rings is 1. The molecule has 0 spiro atoms. The lowest BCUT2D eigenvalue weighted by molar-refractivity contribution is 0.122. The highest BCUT2D eigenvalue weighted by atomic mass is 32.1. The summed E-state index contributed by atoms with van der Waals surface area (Å²) in [6.45, 7) is 5.40. The molecule has 2 fully saturated rings. The van der Waals surface area contributed by atoms with Gasteiger partial charge in [-0.2, -0.15) is 0 Å². The van der Waals surface area contributed by atoms with Gasteiger partial charge in [0.05, 0.1) is 18.2 Å². The van der Waals surface area contributed by atoms with Gasteiger partial charge in [0.2, 0.25) is 0 Å². The normalized spacial score (nSPS) is 22.3. The molecule has 2 aromatic rings. The third kappa shape index (κ3) is 3.30. The molecule has 7 heteroatoms. The minimum absolute atomic E-state index is 0.519. The van der Waals surface area contributed by atoms with Crippen molar-refractivity contribution in [2.45, 2.75) is 18.8 Å². The van der Waals surface area contributed by atoms with Crippen molar-refractivity contribution in [1.82, 2.24) is 15.0 Å². The average Bonchev–Trinajstić information content (AvgIpc) is 3.18. The first-order valence-electron chi connectivity index (χ1n) is 8.19. The summed E-state index contributed by atoms with van der Waals surface area (Å²) in [5.41, 5.74) is 0. The molecule has 0 aliphatic carbocycles. The minimum Gasteiger partial charge on any atom is -0.378 e. The second-order valence-corrected chi connectivity index (χ2v) is 6.92. The van der Waals surface area contributed by atoms with Crippen LogP contribution in [0.2, 0.25) is 0 Å². The zero-order valence-corrected chi connectivity index (χ0v) is 13.9. The Morgan fingerprint density at radius 1 is 1.04 bits per heavy atom. The van der Waals surface area contributed by atoms with Gasteiger partial charge in [0.1, 0.15) is 18.0 Å². The quantitative estimate of drug-likeness (QED) is 0.859. The predicted octanol–water partition coefficient (Wildman–Crippen LogP) is 2.15. The number of thiazole rings is 1. The van der Waals surface area contributed by atoms with Gasteiger partial charge < -0.3 is 14.5 Å². The van der Waals surface area contributed by atoms with E-state index in [1.165, 1.54) is 17.8 Å². The molecule has 0 radical (unpaired) electrons. The highest BCUT2D eigenvalue weighted by Crippen LogP contribution is 2.31. The summed E-state index contributed by atoms with van der Waals surface area (Å²) in [6, 6.07) is 2.12. The van der Waals surface area contributed by atoms with Crippen molar-refractivity contribution >= 4 is 23.0 Å². The molecule has 0 unspecified atom stereocenters. The van der Waals surface area contributed by atoms with Gasteiger partial charge in [-0.1, -0.05) is 0 Å². The Labute approximate surface area is 140 Å². The van der Waals surface area contributed by atoms with Gasteiger partial charge >= 0.3 is 0 Å². The summed E-state index contributed by atoms with van der Waals surface area (Å²) in [7, 11) is 0. The van der Waals surface area contributed by atoms with Crippen molar-refractivity contribution in [3.05, 3.63) is 29.0 Å². The van der Waals surface area contributed by atoms with Crippen molar-refractivity contribution in [2.75, 3.05) is 49.2 Å². The van der Waals surface area contributed by atoms with Crippen molar-refractivity contribution in [1.29, 1.82) is 0 Å². The molecule has 0 amide bonds. The van der Waals surface area contributed by atoms with E-state index in [-0.39, 0.29) is 0 Å². The summed E-state index contributed by atoms with van der Waals surface area (Å²) in [5, 5.41) is 3.31. The van der Waals surface area contributed by atoms with Gasteiger partial charge in [-0.25, -0.2) is 15.0 Å². The topological polar surface area (TPSA) is 54.4 Å². The van der Waals surface area contributed by atoms with Crippen LogP contribution in [0.15, 0.2) is 24.0 Å². The molecule has 0 bridgehead atoms. The van der Waals surface area contributed by atoms with Crippen molar-refractivity contribution in [2.24, 2.45) is 0 Å². The van der Waals surface area contributed by atoms with E-state index in [4.69, 9.17) is 4.74 Å². The second kappa shape index (κ2) is 6.80. The summed E-state index contributed by atoms with van der Waals surface area (Å²) < 4.78 is 5.42. The van der Waals surface area contributed by atoms with Crippen LogP contribution in [0.3, 0.4) is 0 Å². The molecular formula is C16H21N5OS. The van der Waals surface area contributed by atoms with Gasteiger partial charge in [0, 0.05) is 49.7 Å². The molecule has 2 aliphatic heterocycles. The SMILES string of the molecule is c1nc(N2CCOCC2)cc(N2CCC[C@@H](c3nccs3)C2)n1. The highest BCUT2D eigenvalue weighted by Gasteiger charge is 2.24. The Balaban J connectivity index is 1.50. The van der Waals surface area contributed by atoms with Crippen molar-refractivity contribution in [3.63, 3.8) is 0 Å². The number of anilines is 2. The van der Waals surface area contributed by atoms with Crippen LogP contribution < -0.4 is 9.80 Å². The van der Waals surface area contributed by atoms with Gasteiger partial charge in [0.15, 0.2) is 0 Å². The lowest BCUT2D eigenvalue weighted by atomic mass is 9.99. The minimum atomic E-state index is 0.519. The summed E-state index contributed by atoms with van der Waals surface area (Å²) >= 11 is 1.76. The number of piperidine rings is 1. The van der Waals surface area contributed by atoms with Gasteiger partial charge in [-0.15, -0.1) is 11.3 Å². The van der Waals surface area contributed by atoms with Gasteiger partial charge in [0.25, 0.3) is 0 Å². The van der Waals surface area contributed by atoms with E-state index >= 15 is 0 Å². The summed E-state index contributed by atoms with van der Waals surface area (Å²) in [6.07, 6.45) is 5.99. The number of nitrogens with zero attached hydrogens (tertiary/aromatic N) is 5. The molecule has 23 heavy (non-hydrogen) atoms. The molecule has 122 valence electrons. The first kappa shape index (κ1) is 14.8. The standard InChI is InChI=1S/C16H21N5OS/c1-2-13(16-17-3-9-23-16)11-21(4-1)15-10-14(18-12-19-15)20-5-7-22-8-6-20/h3,9-10,12-13H,1-2,4-8,11H2/t13-/m1/s1. The van der Waals surface area contributed by atoms with Crippen LogP contribution in [-0.2, 0) is 4.74 Å². The molecule has 2 saturated heterocycles. The number of aromatic nitrogens is 3. The maximum atomic E-state index is 5.42. The van der Waals surface area contributed by atoms with E-state index in [0.29, 0.717) is 5.92 Å². The van der Waals surface area contributed by atoms with Crippen molar-refractivity contribution < 1.29 is 4.74 Å². The first-order valence-corrected chi connectivity index (χ1v) is 9.07. The fraction of sp³-hybridized carbons (Fsp3) is 0.562. The molecule has 4 rings (SSSR count). The van der Waals surface area contributed by atoms with Crippen molar-refractivity contribution in [3.8, 4) is 0 Å². The Hall–Kier alpha value is -1.73. The third-order valence-electron chi connectivity index (χ3n) is 4.52. The Bertz CT molecular complexity index is 629. The van der Waals surface area contributed by atoms with Crippen LogP contribution in [-0.4, -0.2) is 54.3 Å². The maximum Gasteiger partial charge on any atom is 0.134 e. The van der Waals surface area contributed by atoms with E-state index in [1.807, 2.05) is 6.20 Å². The van der Waals surface area contributed by atoms with Crippen LogP contribution >= 0.6 is 11.3 Å². The zero-order valence-electron chi connectivity index (χ0n) is 13.1. The molecule has 2 aliphatic rings. The van der Waals surface area contributed by atoms with Crippen LogP contribution in [0.4, 0.5) is 11.6 Å². The monoisotopic (exact) mass is 331 g/mol. The molecule has 6 nitrogen and oxygen atoms in total. The summed E-state index contributed by atoms with van der Waals surface area (Å²) in [4.78, 5) is 18.1. The number of hydrogen-bond acceptors (Lipinski definition) is 7. The van der Waals surface area contributed by atoms with E-state index in [2.05, 4.69) is 36.2 Å². The first-order chi connectivity index (χ1) is 11.4. The van der Waals surface area contributed by atoms with Gasteiger partial charge in [-0.3, -0.25) is 0 Å². The van der Waals surface area contributed by atoms with E-state index in [9.17, 15) is 0 Å². The van der Waals surface area contributed by atoms with E-state index in [1.54, 1.807) is 17.7 Å². The van der Waals surface area contributed by atoms with Crippen LogP contribution in [0, 0.1) is 0 Å². The average molecular weight is 331 g/mol. The lowest BCUT2D eigenvalue weighted by Gasteiger charge is -2.33. The zero-order chi connectivity index (χ0) is 15.5. The lowest BCUT2D eigenvalue weighted by Crippen LogP contribution is -2.38. The highest BCUT2D eigenvalue weighted by molar-refractivity contribution is 7.09. The number of rotatable bonds is 3. The fourth-order valence-electron chi connectivity index (χ4n) is 3.30. The van der Waals surface area contributed by atoms with Crippen LogP contribution in [0.25, 0.3) is 0 Å². The van der Waals surface area contributed by atoms with Crippen LogP contribution in [0.1, 0.15) is 23.8 Å². The largest absolute Gasteiger partial charge is 0.378 e. The molecule has 1 atom stereocenters. The number of hydrogen-bond donors (Lipinski definition) is 0. The fourth-order valence-corrected chi connectivity index (χ4v) is 4.07. The van der Waals surface area contributed by atoms with E-state index in [0.717, 1.165) is 51.0 Å². The maximum absolute atomic E-state index is 5.42. The number of ether oxygens (including phenoxy) is 1. The molecule has 2 aromatic heterocycles. The molecule has 0 saturated carbocycles. The van der Waals surface area contributed by atoms with E-state index < -0.39 is 0 Å². The molecule has 4 heterocycles. The second-order valence-electron chi connectivity index (χ2n) is 5.99. The van der Waals surface area contributed by atoms with Crippen LogP contribution in [0.5, 0.6) is 0 Å². The Morgan fingerprint density at radius 3 is 2.65 bits per heavy atom. The predicted molar refractivity (Wildman–Crippen MR) is 91.4 cm³/mol. The van der Waals surface area contributed by atoms with Gasteiger partial charge in [-0.05, 0) is 12.8 Å². The Kier molecular flexibility index (Phi) is 4.39. The molecule has 0 aromatic carbocycles. The molecule has 0 N–H and O–H groups in total. The smallest absolute Gasteiger partial charge is 0.134 e. The molecular weight excluding hydrogens is 310 g/mol.